The van der Waals surface area contributed by atoms with Crippen LogP contribution in [0.3, 0.4) is 0 Å². The second-order valence-electron chi connectivity index (χ2n) is 4.77. The van der Waals surface area contributed by atoms with Crippen molar-refractivity contribution in [1.82, 2.24) is 14.8 Å². The molecule has 3 rings (SSSR count). The van der Waals surface area contributed by atoms with Crippen LogP contribution in [0, 0.1) is 0 Å². The fourth-order valence-electron chi connectivity index (χ4n) is 2.40. The first-order chi connectivity index (χ1) is 10.7. The van der Waals surface area contributed by atoms with Crippen LogP contribution < -0.4 is 15.0 Å². The second-order valence-corrected chi connectivity index (χ2v) is 4.77. The number of aromatic nitrogens is 3. The van der Waals surface area contributed by atoms with Crippen molar-refractivity contribution in [3.05, 3.63) is 47.0 Å². The molecule has 0 saturated carbocycles. The summed E-state index contributed by atoms with van der Waals surface area (Å²) in [6, 6.07) is 7.16. The van der Waals surface area contributed by atoms with E-state index >= 15 is 0 Å². The van der Waals surface area contributed by atoms with Crippen molar-refractivity contribution in [1.29, 1.82) is 0 Å². The lowest BCUT2D eigenvalue weighted by Gasteiger charge is -2.12. The maximum atomic E-state index is 12.4. The van der Waals surface area contributed by atoms with Gasteiger partial charge in [0.25, 0.3) is 5.56 Å². The van der Waals surface area contributed by atoms with E-state index in [1.54, 1.807) is 45.8 Å². The van der Waals surface area contributed by atoms with Crippen molar-refractivity contribution in [2.75, 3.05) is 14.2 Å². The third-order valence-electron chi connectivity index (χ3n) is 3.51. The lowest BCUT2D eigenvalue weighted by Crippen LogP contribution is -2.20. The molecule has 22 heavy (non-hydrogen) atoms. The third kappa shape index (κ3) is 2.18. The molecule has 2 heterocycles. The van der Waals surface area contributed by atoms with Gasteiger partial charge < -0.3 is 9.47 Å². The van der Waals surface area contributed by atoms with Gasteiger partial charge in [0.2, 0.25) is 0 Å². The van der Waals surface area contributed by atoms with Gasteiger partial charge in [-0.3, -0.25) is 9.78 Å². The summed E-state index contributed by atoms with van der Waals surface area (Å²) in [6.45, 7) is 0. The Balaban J connectivity index is 2.43. The van der Waals surface area contributed by atoms with E-state index in [0.29, 0.717) is 28.0 Å². The highest BCUT2D eigenvalue weighted by Crippen LogP contribution is 2.34. The average Bonchev–Trinajstić information content (AvgIpc) is 2.57. The molecule has 0 radical (unpaired) electrons. The Morgan fingerprint density at radius 3 is 2.18 bits per heavy atom. The Labute approximate surface area is 126 Å². The Kier molecular flexibility index (Phi) is 3.50. The van der Waals surface area contributed by atoms with Crippen LogP contribution in [-0.2, 0) is 7.05 Å². The zero-order valence-corrected chi connectivity index (χ0v) is 12.5. The molecule has 0 spiro atoms. The number of fused-ring (bicyclic) bond motifs is 1. The van der Waals surface area contributed by atoms with Crippen LogP contribution in [0.5, 0.6) is 11.5 Å². The molecule has 0 saturated heterocycles. The minimum absolute atomic E-state index is 0.186. The molecule has 6 heteroatoms. The van der Waals surface area contributed by atoms with Gasteiger partial charge in [0.05, 0.1) is 25.3 Å². The first-order valence-electron chi connectivity index (χ1n) is 6.69. The number of methoxy groups -OCH3 is 2. The highest BCUT2D eigenvalue weighted by Gasteiger charge is 2.15. The zero-order chi connectivity index (χ0) is 15.7. The standard InChI is InChI=1S/C16H15N3O3/c1-19-16(20)12-9-14(22-3)13(21-2)8-11(12)15(18-19)10-4-6-17-7-5-10/h4-9H,1-3H3. The quantitative estimate of drug-likeness (QED) is 0.740. The van der Waals surface area contributed by atoms with Crippen LogP contribution in [0.15, 0.2) is 41.5 Å². The Bertz CT molecular complexity index is 889. The summed E-state index contributed by atoms with van der Waals surface area (Å²) in [5.41, 5.74) is 1.39. The number of hydrogen-bond donors (Lipinski definition) is 0. The van der Waals surface area contributed by atoms with Gasteiger partial charge in [-0.15, -0.1) is 0 Å². The minimum atomic E-state index is -0.186. The van der Waals surface area contributed by atoms with Gasteiger partial charge in [0.1, 0.15) is 0 Å². The molecular formula is C16H15N3O3. The van der Waals surface area contributed by atoms with Crippen molar-refractivity contribution < 1.29 is 9.47 Å². The van der Waals surface area contributed by atoms with Crippen molar-refractivity contribution in [3.63, 3.8) is 0 Å². The van der Waals surface area contributed by atoms with E-state index in [1.807, 2.05) is 12.1 Å². The number of nitrogens with zero attached hydrogens (tertiary/aromatic N) is 3. The third-order valence-corrected chi connectivity index (χ3v) is 3.51. The number of hydrogen-bond acceptors (Lipinski definition) is 5. The number of ether oxygens (including phenoxy) is 2. The molecule has 0 fully saturated rings. The van der Waals surface area contributed by atoms with Crippen molar-refractivity contribution in [2.24, 2.45) is 7.05 Å². The number of rotatable bonds is 3. The van der Waals surface area contributed by atoms with E-state index in [2.05, 4.69) is 10.1 Å². The Morgan fingerprint density at radius 1 is 1.00 bits per heavy atom. The lowest BCUT2D eigenvalue weighted by molar-refractivity contribution is 0.356. The van der Waals surface area contributed by atoms with Crippen molar-refractivity contribution >= 4 is 10.8 Å². The summed E-state index contributed by atoms with van der Waals surface area (Å²) in [4.78, 5) is 16.4. The summed E-state index contributed by atoms with van der Waals surface area (Å²) >= 11 is 0. The van der Waals surface area contributed by atoms with Gasteiger partial charge >= 0.3 is 0 Å². The molecule has 0 aliphatic rings. The van der Waals surface area contributed by atoms with Gasteiger partial charge in [-0.05, 0) is 24.3 Å². The highest BCUT2D eigenvalue weighted by molar-refractivity contribution is 5.95. The molecule has 0 atom stereocenters. The van der Waals surface area contributed by atoms with E-state index in [9.17, 15) is 4.79 Å². The largest absolute Gasteiger partial charge is 0.493 e. The summed E-state index contributed by atoms with van der Waals surface area (Å²) in [7, 11) is 4.73. The van der Waals surface area contributed by atoms with E-state index in [1.165, 1.54) is 4.68 Å². The van der Waals surface area contributed by atoms with Gasteiger partial charge in [0.15, 0.2) is 11.5 Å². The monoisotopic (exact) mass is 297 g/mol. The van der Waals surface area contributed by atoms with Crippen LogP contribution in [0.4, 0.5) is 0 Å². The van der Waals surface area contributed by atoms with Crippen LogP contribution in [0.1, 0.15) is 0 Å². The van der Waals surface area contributed by atoms with Crippen LogP contribution >= 0.6 is 0 Å². The number of benzene rings is 1. The summed E-state index contributed by atoms with van der Waals surface area (Å²) in [5, 5.41) is 5.63. The predicted octanol–water partition coefficient (Wildman–Crippen LogP) is 2.01. The van der Waals surface area contributed by atoms with Gasteiger partial charge in [-0.25, -0.2) is 4.68 Å². The first kappa shape index (κ1) is 14.1. The summed E-state index contributed by atoms with van der Waals surface area (Å²) in [6.07, 6.45) is 3.38. The van der Waals surface area contributed by atoms with Crippen molar-refractivity contribution in [3.8, 4) is 22.8 Å². The van der Waals surface area contributed by atoms with E-state index in [-0.39, 0.29) is 5.56 Å². The molecule has 112 valence electrons. The predicted molar refractivity (Wildman–Crippen MR) is 83.3 cm³/mol. The number of pyridine rings is 1. The molecule has 6 nitrogen and oxygen atoms in total. The topological polar surface area (TPSA) is 66.2 Å². The molecule has 1 aromatic carbocycles. The molecule has 3 aromatic rings. The maximum absolute atomic E-state index is 12.4. The summed E-state index contributed by atoms with van der Waals surface area (Å²) in [5.74, 6) is 1.07. The molecule has 2 aromatic heterocycles. The fourth-order valence-corrected chi connectivity index (χ4v) is 2.40. The second kappa shape index (κ2) is 5.48. The highest BCUT2D eigenvalue weighted by atomic mass is 16.5. The molecule has 0 amide bonds. The molecule has 0 unspecified atom stereocenters. The van der Waals surface area contributed by atoms with E-state index in [4.69, 9.17) is 9.47 Å². The van der Waals surface area contributed by atoms with Crippen molar-refractivity contribution in [2.45, 2.75) is 0 Å². The fraction of sp³-hybridized carbons (Fsp3) is 0.188. The number of aryl methyl sites for hydroxylation is 1. The molecule has 0 N–H and O–H groups in total. The zero-order valence-electron chi connectivity index (χ0n) is 12.5. The van der Waals surface area contributed by atoms with Gasteiger partial charge in [-0.2, -0.15) is 5.10 Å². The SMILES string of the molecule is COc1cc2c(-c3ccncc3)nn(C)c(=O)c2cc1OC. The molecule has 0 bridgehead atoms. The molecular weight excluding hydrogens is 282 g/mol. The maximum Gasteiger partial charge on any atom is 0.274 e. The van der Waals surface area contributed by atoms with Gasteiger partial charge in [0, 0.05) is 30.4 Å². The van der Waals surface area contributed by atoms with E-state index in [0.717, 1.165) is 5.56 Å². The normalized spacial score (nSPS) is 10.7. The van der Waals surface area contributed by atoms with Gasteiger partial charge in [-0.1, -0.05) is 0 Å². The van der Waals surface area contributed by atoms with Crippen LogP contribution in [-0.4, -0.2) is 29.0 Å². The average molecular weight is 297 g/mol. The first-order valence-corrected chi connectivity index (χ1v) is 6.69. The molecule has 0 aliphatic carbocycles. The minimum Gasteiger partial charge on any atom is -0.493 e. The Morgan fingerprint density at radius 2 is 1.59 bits per heavy atom. The van der Waals surface area contributed by atoms with Crippen LogP contribution in [0.25, 0.3) is 22.0 Å². The molecule has 0 aliphatic heterocycles. The van der Waals surface area contributed by atoms with Crippen LogP contribution in [0.2, 0.25) is 0 Å². The van der Waals surface area contributed by atoms with E-state index < -0.39 is 0 Å². The Hall–Kier alpha value is -2.89. The summed E-state index contributed by atoms with van der Waals surface area (Å²) < 4.78 is 11.9. The lowest BCUT2D eigenvalue weighted by atomic mass is 10.1. The smallest absolute Gasteiger partial charge is 0.274 e.